The van der Waals surface area contributed by atoms with Gasteiger partial charge in [-0.25, -0.2) is 8.42 Å². The Kier molecular flexibility index (Phi) is 8.22. The summed E-state index contributed by atoms with van der Waals surface area (Å²) in [5, 5.41) is 3.52. The van der Waals surface area contributed by atoms with Crippen LogP contribution in [0.3, 0.4) is 0 Å². The molecule has 2 aromatic rings. The molecule has 0 bridgehead atoms. The molecule has 2 aromatic carbocycles. The van der Waals surface area contributed by atoms with Crippen LogP contribution < -0.4 is 9.62 Å². The monoisotopic (exact) mass is 440 g/mol. The third kappa shape index (κ3) is 6.43. The molecule has 0 aliphatic carbocycles. The molecule has 28 heavy (non-hydrogen) atoms. The number of thioether (sulfide) groups is 1. The summed E-state index contributed by atoms with van der Waals surface area (Å²) in [6.07, 6.45) is 1.11. The quantitative estimate of drug-likeness (QED) is 0.602. The highest BCUT2D eigenvalue weighted by Gasteiger charge is 2.22. The molecule has 1 amide bonds. The van der Waals surface area contributed by atoms with Crippen LogP contribution in [0.25, 0.3) is 0 Å². The molecule has 0 unspecified atom stereocenters. The normalized spacial score (nSPS) is 11.3. The number of rotatable bonds is 9. The second-order valence-electron chi connectivity index (χ2n) is 6.48. The molecule has 0 atom stereocenters. The number of aryl methyl sites for hydroxylation is 1. The molecule has 152 valence electrons. The second-order valence-corrected chi connectivity index (χ2v) is 9.90. The third-order valence-electron chi connectivity index (χ3n) is 4.32. The van der Waals surface area contributed by atoms with Gasteiger partial charge >= 0.3 is 0 Å². The Balaban J connectivity index is 1.89. The van der Waals surface area contributed by atoms with Gasteiger partial charge in [0.25, 0.3) is 0 Å². The van der Waals surface area contributed by atoms with E-state index in [2.05, 4.69) is 5.32 Å². The molecule has 0 radical (unpaired) electrons. The van der Waals surface area contributed by atoms with Crippen LogP contribution in [-0.4, -0.2) is 39.4 Å². The van der Waals surface area contributed by atoms with E-state index in [1.54, 1.807) is 23.9 Å². The van der Waals surface area contributed by atoms with Crippen molar-refractivity contribution >= 4 is 45.0 Å². The Morgan fingerprint density at radius 1 is 1.14 bits per heavy atom. The molecule has 0 saturated heterocycles. The topological polar surface area (TPSA) is 66.5 Å². The van der Waals surface area contributed by atoms with Crippen LogP contribution in [0, 0.1) is 13.8 Å². The lowest BCUT2D eigenvalue weighted by Gasteiger charge is -2.24. The maximum absolute atomic E-state index is 12.3. The van der Waals surface area contributed by atoms with Crippen LogP contribution in [0.2, 0.25) is 5.02 Å². The largest absolute Gasteiger partial charge is 0.354 e. The minimum Gasteiger partial charge on any atom is -0.354 e. The number of nitrogens with one attached hydrogen (secondary N) is 1. The predicted octanol–water partition coefficient (Wildman–Crippen LogP) is 3.77. The molecular weight excluding hydrogens is 416 g/mol. The molecule has 0 aliphatic rings. The van der Waals surface area contributed by atoms with Crippen molar-refractivity contribution in [2.75, 3.05) is 29.4 Å². The van der Waals surface area contributed by atoms with Crippen molar-refractivity contribution in [2.45, 2.75) is 19.6 Å². The number of sulfonamides is 1. The summed E-state index contributed by atoms with van der Waals surface area (Å²) < 4.78 is 25.6. The molecule has 0 saturated carbocycles. The lowest BCUT2D eigenvalue weighted by Crippen LogP contribution is -2.41. The molecule has 1 N–H and O–H groups in total. The van der Waals surface area contributed by atoms with Crippen molar-refractivity contribution < 1.29 is 13.2 Å². The average molecular weight is 441 g/mol. The van der Waals surface area contributed by atoms with Gasteiger partial charge in [-0.3, -0.25) is 9.10 Å². The second kappa shape index (κ2) is 10.2. The van der Waals surface area contributed by atoms with Gasteiger partial charge in [-0.05, 0) is 42.7 Å². The predicted molar refractivity (Wildman–Crippen MR) is 119 cm³/mol. The zero-order valence-corrected chi connectivity index (χ0v) is 18.6. The van der Waals surface area contributed by atoms with E-state index < -0.39 is 10.0 Å². The molecule has 5 nitrogen and oxygen atoms in total. The van der Waals surface area contributed by atoms with E-state index in [1.165, 1.54) is 0 Å². The standard InChI is InChI=1S/C20H25ClN2O3S2/c1-15-7-6-10-19(16(15)2)23(28(3,25)26)13-20(24)22-11-12-27-14-17-8-4-5-9-18(17)21/h4-10H,11-14H2,1-3H3,(H,22,24). The molecule has 2 rings (SSSR count). The smallest absolute Gasteiger partial charge is 0.240 e. The maximum atomic E-state index is 12.3. The Morgan fingerprint density at radius 2 is 1.86 bits per heavy atom. The summed E-state index contributed by atoms with van der Waals surface area (Å²) in [4.78, 5) is 12.3. The Labute approximate surface area is 176 Å². The molecule has 0 aromatic heterocycles. The zero-order chi connectivity index (χ0) is 20.7. The fourth-order valence-electron chi connectivity index (χ4n) is 2.63. The van der Waals surface area contributed by atoms with E-state index in [0.717, 1.165) is 38.0 Å². The minimum absolute atomic E-state index is 0.238. The van der Waals surface area contributed by atoms with Crippen LogP contribution in [0.15, 0.2) is 42.5 Å². The number of amides is 1. The SMILES string of the molecule is Cc1cccc(N(CC(=O)NCCSCc2ccccc2Cl)S(C)(=O)=O)c1C. The van der Waals surface area contributed by atoms with Gasteiger partial charge in [0.2, 0.25) is 15.9 Å². The number of carbonyl (C=O) groups excluding carboxylic acids is 1. The number of carbonyl (C=O) groups is 1. The maximum Gasteiger partial charge on any atom is 0.240 e. The van der Waals surface area contributed by atoms with Gasteiger partial charge in [0.1, 0.15) is 6.54 Å². The van der Waals surface area contributed by atoms with E-state index in [9.17, 15) is 13.2 Å². The summed E-state index contributed by atoms with van der Waals surface area (Å²) in [5.41, 5.74) is 3.41. The Morgan fingerprint density at radius 3 is 2.54 bits per heavy atom. The van der Waals surface area contributed by atoms with Crippen molar-refractivity contribution in [1.82, 2.24) is 5.32 Å². The van der Waals surface area contributed by atoms with E-state index in [-0.39, 0.29) is 12.5 Å². The fourth-order valence-corrected chi connectivity index (χ4v) is 4.68. The number of hydrogen-bond acceptors (Lipinski definition) is 4. The summed E-state index contributed by atoms with van der Waals surface area (Å²) in [7, 11) is -3.58. The van der Waals surface area contributed by atoms with Crippen molar-refractivity contribution in [2.24, 2.45) is 0 Å². The first-order chi connectivity index (χ1) is 13.2. The Bertz CT molecular complexity index is 933. The number of benzene rings is 2. The van der Waals surface area contributed by atoms with E-state index in [0.29, 0.717) is 18.0 Å². The van der Waals surface area contributed by atoms with Crippen LogP contribution >= 0.6 is 23.4 Å². The zero-order valence-electron chi connectivity index (χ0n) is 16.2. The van der Waals surface area contributed by atoms with Crippen LogP contribution in [0.5, 0.6) is 0 Å². The molecular formula is C20H25ClN2O3S2. The summed E-state index contributed by atoms with van der Waals surface area (Å²) in [6, 6.07) is 13.1. The highest BCUT2D eigenvalue weighted by Crippen LogP contribution is 2.24. The van der Waals surface area contributed by atoms with Gasteiger partial charge in [-0.15, -0.1) is 0 Å². The minimum atomic E-state index is -3.58. The average Bonchev–Trinajstić information content (AvgIpc) is 2.62. The van der Waals surface area contributed by atoms with Crippen molar-refractivity contribution in [3.8, 4) is 0 Å². The van der Waals surface area contributed by atoms with Gasteiger partial charge in [0, 0.05) is 23.1 Å². The summed E-state index contributed by atoms with van der Waals surface area (Å²) in [6.45, 7) is 3.98. The summed E-state index contributed by atoms with van der Waals surface area (Å²) in [5.74, 6) is 1.14. The van der Waals surface area contributed by atoms with Gasteiger partial charge in [-0.1, -0.05) is 41.9 Å². The first kappa shape index (κ1) is 22.6. The highest BCUT2D eigenvalue weighted by molar-refractivity contribution is 7.98. The number of hydrogen-bond donors (Lipinski definition) is 1. The van der Waals surface area contributed by atoms with Crippen LogP contribution in [-0.2, 0) is 20.6 Å². The van der Waals surface area contributed by atoms with E-state index in [1.807, 2.05) is 44.2 Å². The van der Waals surface area contributed by atoms with Gasteiger partial charge in [-0.2, -0.15) is 11.8 Å². The van der Waals surface area contributed by atoms with Crippen LogP contribution in [0.1, 0.15) is 16.7 Å². The molecule has 0 spiro atoms. The van der Waals surface area contributed by atoms with E-state index >= 15 is 0 Å². The highest BCUT2D eigenvalue weighted by atomic mass is 35.5. The lowest BCUT2D eigenvalue weighted by molar-refractivity contribution is -0.119. The van der Waals surface area contributed by atoms with Crippen molar-refractivity contribution in [3.05, 3.63) is 64.2 Å². The molecule has 8 heteroatoms. The number of anilines is 1. The van der Waals surface area contributed by atoms with E-state index in [4.69, 9.17) is 11.6 Å². The van der Waals surface area contributed by atoms with Gasteiger partial charge < -0.3 is 5.32 Å². The fraction of sp³-hybridized carbons (Fsp3) is 0.350. The molecule has 0 aliphatic heterocycles. The van der Waals surface area contributed by atoms with Crippen LogP contribution in [0.4, 0.5) is 5.69 Å². The first-order valence-corrected chi connectivity index (χ1v) is 12.2. The van der Waals surface area contributed by atoms with Gasteiger partial charge in [0.15, 0.2) is 0 Å². The Hall–Kier alpha value is -1.70. The third-order valence-corrected chi connectivity index (χ3v) is 6.82. The number of halogens is 1. The van der Waals surface area contributed by atoms with Crippen molar-refractivity contribution in [1.29, 1.82) is 0 Å². The summed E-state index contributed by atoms with van der Waals surface area (Å²) >= 11 is 7.78. The molecule has 0 heterocycles. The lowest BCUT2D eigenvalue weighted by atomic mass is 10.1. The first-order valence-electron chi connectivity index (χ1n) is 8.82. The van der Waals surface area contributed by atoms with Gasteiger partial charge in [0.05, 0.1) is 11.9 Å². The van der Waals surface area contributed by atoms with Crippen molar-refractivity contribution in [3.63, 3.8) is 0 Å². The number of nitrogens with zero attached hydrogens (tertiary/aromatic N) is 1. The molecule has 0 fully saturated rings.